The molecule has 2 N–H and O–H groups in total. The third kappa shape index (κ3) is 2.15. The maximum absolute atomic E-state index is 11.1. The Balaban J connectivity index is 1.73. The van der Waals surface area contributed by atoms with Crippen LogP contribution in [0.1, 0.15) is 65.7 Å². The lowest BCUT2D eigenvalue weighted by atomic mass is 9.44. The molecule has 0 radical (unpaired) electrons. The van der Waals surface area contributed by atoms with E-state index < -0.39 is 12.2 Å². The second-order valence-corrected chi connectivity index (χ2v) is 10.2. The van der Waals surface area contributed by atoms with Crippen molar-refractivity contribution in [3.05, 3.63) is 11.6 Å². The van der Waals surface area contributed by atoms with E-state index in [1.807, 2.05) is 0 Å². The molecule has 3 heteroatoms. The molecule has 136 valence electrons. The van der Waals surface area contributed by atoms with Gasteiger partial charge in [-0.3, -0.25) is 0 Å². The zero-order valence-electron chi connectivity index (χ0n) is 15.3. The summed E-state index contributed by atoms with van der Waals surface area (Å²) in [6, 6.07) is 0. The van der Waals surface area contributed by atoms with E-state index in [2.05, 4.69) is 26.8 Å². The first kappa shape index (κ1) is 17.4. The average molecular weight is 353 g/mol. The standard InChI is InChI=1S/C21H33ClO2/c1-4-12-5-6-14-17-15(8-10-20(12,14)2)21(3)9-7-13(22)11-16(21)18(23)19(17)24/h4,13-19,23-24H,5-11H2,1-3H3/t13-,14?,15?,16?,17?,18-,19-,20-,21-/m1/s1. The van der Waals surface area contributed by atoms with Crippen LogP contribution in [0.25, 0.3) is 0 Å². The number of aliphatic hydroxyl groups is 2. The van der Waals surface area contributed by atoms with Crippen molar-refractivity contribution in [2.45, 2.75) is 83.3 Å². The molecule has 0 aliphatic heterocycles. The van der Waals surface area contributed by atoms with Gasteiger partial charge in [0.15, 0.2) is 0 Å². The predicted octanol–water partition coefficient (Wildman–Crippen LogP) is 4.52. The molecule has 4 aliphatic carbocycles. The molecule has 0 aromatic rings. The van der Waals surface area contributed by atoms with Crippen LogP contribution in [-0.4, -0.2) is 27.8 Å². The van der Waals surface area contributed by atoms with Crippen molar-refractivity contribution >= 4 is 11.6 Å². The molecule has 0 aromatic heterocycles. The zero-order valence-corrected chi connectivity index (χ0v) is 16.1. The Morgan fingerprint density at radius 3 is 2.46 bits per heavy atom. The number of allylic oxidation sites excluding steroid dienone is 2. The summed E-state index contributed by atoms with van der Waals surface area (Å²) in [5.41, 5.74) is 1.97. The van der Waals surface area contributed by atoms with Crippen LogP contribution in [-0.2, 0) is 0 Å². The quantitative estimate of drug-likeness (QED) is 0.497. The first-order valence-electron chi connectivity index (χ1n) is 9.99. The fourth-order valence-corrected chi connectivity index (χ4v) is 7.84. The minimum atomic E-state index is -0.602. The second-order valence-electron chi connectivity index (χ2n) is 9.56. The van der Waals surface area contributed by atoms with Crippen molar-refractivity contribution in [3.63, 3.8) is 0 Å². The van der Waals surface area contributed by atoms with Gasteiger partial charge in [0.2, 0.25) is 0 Å². The molecular formula is C21H33ClO2. The van der Waals surface area contributed by atoms with Crippen LogP contribution in [0.5, 0.6) is 0 Å². The Bertz CT molecular complexity index is 546. The summed E-state index contributed by atoms with van der Waals surface area (Å²) in [4.78, 5) is 0. The van der Waals surface area contributed by atoms with E-state index in [1.54, 1.807) is 5.57 Å². The fraction of sp³-hybridized carbons (Fsp3) is 0.905. The molecule has 24 heavy (non-hydrogen) atoms. The first-order valence-corrected chi connectivity index (χ1v) is 10.4. The average Bonchev–Trinajstić information content (AvgIpc) is 2.90. The summed E-state index contributed by atoms with van der Waals surface area (Å²) in [7, 11) is 0. The molecule has 0 saturated heterocycles. The number of rotatable bonds is 0. The maximum atomic E-state index is 11.1. The van der Waals surface area contributed by atoms with Gasteiger partial charge in [0.1, 0.15) is 0 Å². The van der Waals surface area contributed by atoms with Crippen molar-refractivity contribution in [2.75, 3.05) is 0 Å². The third-order valence-corrected chi connectivity index (χ3v) is 9.28. The van der Waals surface area contributed by atoms with Crippen molar-refractivity contribution in [3.8, 4) is 0 Å². The van der Waals surface area contributed by atoms with Gasteiger partial charge in [-0.05, 0) is 86.4 Å². The van der Waals surface area contributed by atoms with Gasteiger partial charge in [-0.1, -0.05) is 25.5 Å². The van der Waals surface area contributed by atoms with Gasteiger partial charge in [0.25, 0.3) is 0 Å². The summed E-state index contributed by atoms with van der Waals surface area (Å²) in [5.74, 6) is 1.49. The summed E-state index contributed by atoms with van der Waals surface area (Å²) in [6.07, 6.45) is 8.96. The van der Waals surface area contributed by atoms with Crippen LogP contribution >= 0.6 is 11.6 Å². The normalized spacial score (nSPS) is 58.9. The zero-order chi connectivity index (χ0) is 17.3. The minimum Gasteiger partial charge on any atom is -0.390 e. The summed E-state index contributed by atoms with van der Waals surface area (Å²) < 4.78 is 0. The highest BCUT2D eigenvalue weighted by Gasteiger charge is 2.63. The Morgan fingerprint density at radius 1 is 1.00 bits per heavy atom. The SMILES string of the molecule is CC=C1CCC2C3C(CC[C@]12C)[C@@]1(C)CC[C@@H](Cl)CC1[C@@H](O)[C@@H]3O. The summed E-state index contributed by atoms with van der Waals surface area (Å²) in [5, 5.41) is 22.3. The molecule has 2 nitrogen and oxygen atoms in total. The molecule has 9 atom stereocenters. The molecule has 0 heterocycles. The van der Waals surface area contributed by atoms with Crippen LogP contribution in [0.2, 0.25) is 0 Å². The van der Waals surface area contributed by atoms with Gasteiger partial charge in [0, 0.05) is 5.38 Å². The lowest BCUT2D eigenvalue weighted by Gasteiger charge is -2.63. The number of halogens is 1. The topological polar surface area (TPSA) is 40.5 Å². The molecule has 0 amide bonds. The molecule has 4 unspecified atom stereocenters. The van der Waals surface area contributed by atoms with Gasteiger partial charge in [-0.15, -0.1) is 11.6 Å². The van der Waals surface area contributed by atoms with Crippen LogP contribution in [0.3, 0.4) is 0 Å². The van der Waals surface area contributed by atoms with E-state index in [9.17, 15) is 10.2 Å². The molecule has 4 aliphatic rings. The van der Waals surface area contributed by atoms with Crippen LogP contribution in [0, 0.1) is 34.5 Å². The number of fused-ring (bicyclic) bond motifs is 5. The van der Waals surface area contributed by atoms with E-state index in [4.69, 9.17) is 11.6 Å². The number of hydrogen-bond acceptors (Lipinski definition) is 2. The minimum absolute atomic E-state index is 0.148. The molecule has 4 saturated carbocycles. The maximum Gasteiger partial charge on any atom is 0.0835 e. The summed E-state index contributed by atoms with van der Waals surface area (Å²) >= 11 is 6.44. The van der Waals surface area contributed by atoms with Crippen molar-refractivity contribution < 1.29 is 10.2 Å². The monoisotopic (exact) mass is 352 g/mol. The molecule has 0 bridgehead atoms. The number of hydrogen-bond donors (Lipinski definition) is 2. The van der Waals surface area contributed by atoms with Gasteiger partial charge in [0.05, 0.1) is 12.2 Å². The van der Waals surface area contributed by atoms with E-state index in [0.717, 1.165) is 19.3 Å². The van der Waals surface area contributed by atoms with E-state index >= 15 is 0 Å². The molecule has 0 spiro atoms. The molecule has 4 fully saturated rings. The van der Waals surface area contributed by atoms with Crippen LogP contribution in [0.15, 0.2) is 11.6 Å². The number of aliphatic hydroxyl groups excluding tert-OH is 2. The summed E-state index contributed by atoms with van der Waals surface area (Å²) in [6.45, 7) is 6.97. The first-order chi connectivity index (χ1) is 11.3. The predicted molar refractivity (Wildman–Crippen MR) is 97.9 cm³/mol. The largest absolute Gasteiger partial charge is 0.390 e. The van der Waals surface area contributed by atoms with Crippen LogP contribution in [0.4, 0.5) is 0 Å². The van der Waals surface area contributed by atoms with Gasteiger partial charge >= 0.3 is 0 Å². The second kappa shape index (κ2) is 5.72. The highest BCUT2D eigenvalue weighted by molar-refractivity contribution is 6.20. The fourth-order valence-electron chi connectivity index (χ4n) is 7.54. The Kier molecular flexibility index (Phi) is 4.14. The van der Waals surface area contributed by atoms with Crippen LogP contribution < -0.4 is 0 Å². The van der Waals surface area contributed by atoms with E-state index in [-0.39, 0.29) is 28.0 Å². The van der Waals surface area contributed by atoms with Gasteiger partial charge < -0.3 is 10.2 Å². The van der Waals surface area contributed by atoms with Gasteiger partial charge in [-0.2, -0.15) is 0 Å². The molecule has 0 aromatic carbocycles. The molecular weight excluding hydrogens is 320 g/mol. The van der Waals surface area contributed by atoms with E-state index in [1.165, 1.54) is 25.7 Å². The smallest absolute Gasteiger partial charge is 0.0835 e. The lowest BCUT2D eigenvalue weighted by Crippen LogP contribution is -2.63. The van der Waals surface area contributed by atoms with Gasteiger partial charge in [-0.25, -0.2) is 0 Å². The number of alkyl halides is 1. The highest BCUT2D eigenvalue weighted by atomic mass is 35.5. The molecule has 4 rings (SSSR count). The lowest BCUT2D eigenvalue weighted by molar-refractivity contribution is -0.208. The Labute approximate surface area is 151 Å². The van der Waals surface area contributed by atoms with Crippen molar-refractivity contribution in [1.82, 2.24) is 0 Å². The third-order valence-electron chi connectivity index (χ3n) is 8.89. The van der Waals surface area contributed by atoms with E-state index in [0.29, 0.717) is 11.8 Å². The Morgan fingerprint density at radius 2 is 1.75 bits per heavy atom. The highest BCUT2D eigenvalue weighted by Crippen LogP contribution is 2.67. The Hall–Kier alpha value is -0.0500. The van der Waals surface area contributed by atoms with Crippen molar-refractivity contribution in [2.24, 2.45) is 34.5 Å². The van der Waals surface area contributed by atoms with Crippen molar-refractivity contribution in [1.29, 1.82) is 0 Å².